The Morgan fingerprint density at radius 1 is 1.19 bits per heavy atom. The van der Waals surface area contributed by atoms with E-state index in [1.807, 2.05) is 55.7 Å². The lowest BCUT2D eigenvalue weighted by Gasteiger charge is -2.36. The molecule has 3 heterocycles. The number of halogens is 1. The molecule has 0 aliphatic carbocycles. The minimum Gasteiger partial charge on any atom is -0.351 e. The third-order valence-corrected chi connectivity index (χ3v) is 6.89. The molecule has 0 spiro atoms. The average Bonchev–Trinajstić information content (AvgIpc) is 3.41. The van der Waals surface area contributed by atoms with Gasteiger partial charge in [-0.1, -0.05) is 53.7 Å². The number of fused-ring (bicyclic) bond motifs is 3. The molecule has 7 nitrogen and oxygen atoms in total. The number of carbonyl (C=O) groups is 1. The molecule has 3 aliphatic heterocycles. The number of hydrogen-bond donors (Lipinski definition) is 3. The minimum absolute atomic E-state index is 0.0175. The van der Waals surface area contributed by atoms with Gasteiger partial charge in [-0.2, -0.15) is 5.10 Å². The molecule has 3 unspecified atom stereocenters. The number of aryl methyl sites for hydroxylation is 1. The van der Waals surface area contributed by atoms with Crippen molar-refractivity contribution in [3.8, 4) is 0 Å². The van der Waals surface area contributed by atoms with Crippen molar-refractivity contribution >= 4 is 22.8 Å². The first-order valence-electron chi connectivity index (χ1n) is 10.6. The topological polar surface area (TPSA) is 72.0 Å². The van der Waals surface area contributed by atoms with Gasteiger partial charge in [0.25, 0.3) is 0 Å². The molecule has 3 atom stereocenters. The van der Waals surface area contributed by atoms with Gasteiger partial charge in [0, 0.05) is 18.9 Å². The van der Waals surface area contributed by atoms with E-state index in [0.29, 0.717) is 12.3 Å². The molecule has 1 saturated heterocycles. The van der Waals surface area contributed by atoms with Crippen LogP contribution in [0.1, 0.15) is 29.2 Å². The second-order valence-electron chi connectivity index (χ2n) is 8.17. The molecule has 5 rings (SSSR count). The summed E-state index contributed by atoms with van der Waals surface area (Å²) < 4.78 is 13.3. The van der Waals surface area contributed by atoms with Gasteiger partial charge in [-0.15, -0.1) is 0 Å². The lowest BCUT2D eigenvalue weighted by atomic mass is 10.00. The molecule has 0 aromatic heterocycles. The van der Waals surface area contributed by atoms with Crippen molar-refractivity contribution in [1.82, 2.24) is 26.1 Å². The van der Waals surface area contributed by atoms with Crippen molar-refractivity contribution in [3.05, 3.63) is 83.4 Å². The van der Waals surface area contributed by atoms with Gasteiger partial charge in [0.1, 0.15) is 12.0 Å². The first kappa shape index (κ1) is 20.8. The Hall–Kier alpha value is -3.04. The summed E-state index contributed by atoms with van der Waals surface area (Å²) in [4.78, 5) is 14.4. The maximum absolute atomic E-state index is 13.3. The van der Waals surface area contributed by atoms with Crippen molar-refractivity contribution in [2.45, 2.75) is 38.1 Å². The number of rotatable bonds is 5. The number of hydrazine groups is 1. The normalized spacial score (nSPS) is 23.4. The Labute approximate surface area is 190 Å². The maximum Gasteiger partial charge on any atom is 0.230 e. The fraction of sp³-hybridized carbons (Fsp3) is 0.304. The van der Waals surface area contributed by atoms with E-state index in [1.54, 1.807) is 0 Å². The van der Waals surface area contributed by atoms with Crippen LogP contribution >= 0.6 is 11.8 Å². The van der Waals surface area contributed by atoms with Gasteiger partial charge in [0.05, 0.1) is 17.8 Å². The molecule has 9 heteroatoms. The Balaban J connectivity index is 1.14. The first-order valence-corrected chi connectivity index (χ1v) is 11.6. The number of nitrogens with one attached hydrogen (secondary N) is 3. The largest absolute Gasteiger partial charge is 0.351 e. The van der Waals surface area contributed by atoms with Gasteiger partial charge in [0.2, 0.25) is 5.91 Å². The van der Waals surface area contributed by atoms with Crippen LogP contribution in [0.4, 0.5) is 4.39 Å². The molecule has 0 radical (unpaired) electrons. The fourth-order valence-corrected chi connectivity index (χ4v) is 4.95. The second-order valence-corrected chi connectivity index (χ2v) is 9.11. The number of carbonyl (C=O) groups excluding carboxylic acids is 1. The second kappa shape index (κ2) is 8.84. The summed E-state index contributed by atoms with van der Waals surface area (Å²) >= 11 is 1.42. The fourth-order valence-electron chi connectivity index (χ4n) is 4.15. The highest BCUT2D eigenvalue weighted by Crippen LogP contribution is 2.35. The summed E-state index contributed by atoms with van der Waals surface area (Å²) in [6.07, 6.45) is 4.80. The number of hydrogen-bond acceptors (Lipinski definition) is 7. The molecule has 166 valence electrons. The molecule has 2 aromatic rings. The standard InChI is InChI=1S/C23H25FN6OS/c1-15-2-4-16(5-3-15)13-25-21(31)14-32-23-27-26-22-20-12-19(17-6-8-18(24)9-7-17)28-30(20)11-10-29(22)23/h2-11,19-20,22,26,28H,12-14H2,1H3,(H,25,31). The van der Waals surface area contributed by atoms with Crippen LogP contribution in [0.3, 0.4) is 0 Å². The van der Waals surface area contributed by atoms with Gasteiger partial charge < -0.3 is 15.2 Å². The summed E-state index contributed by atoms with van der Waals surface area (Å²) in [7, 11) is 0. The summed E-state index contributed by atoms with van der Waals surface area (Å²) in [5.41, 5.74) is 10.0. The molecular weight excluding hydrogens is 427 g/mol. The van der Waals surface area contributed by atoms with Crippen molar-refractivity contribution in [2.75, 3.05) is 5.75 Å². The van der Waals surface area contributed by atoms with Crippen LogP contribution in [0, 0.1) is 12.7 Å². The van der Waals surface area contributed by atoms with Crippen LogP contribution < -0.4 is 16.2 Å². The van der Waals surface area contributed by atoms with E-state index < -0.39 is 0 Å². The number of amidine groups is 1. The third-order valence-electron chi connectivity index (χ3n) is 5.92. The number of benzene rings is 2. The molecule has 0 bridgehead atoms. The zero-order valence-corrected chi connectivity index (χ0v) is 18.5. The van der Waals surface area contributed by atoms with Gasteiger partial charge in [-0.05, 0) is 36.6 Å². The lowest BCUT2D eigenvalue weighted by Crippen LogP contribution is -2.54. The predicted molar refractivity (Wildman–Crippen MR) is 123 cm³/mol. The summed E-state index contributed by atoms with van der Waals surface area (Å²) in [5.74, 6) is 0.0445. The average molecular weight is 453 g/mol. The van der Waals surface area contributed by atoms with Crippen molar-refractivity contribution < 1.29 is 9.18 Å². The van der Waals surface area contributed by atoms with Gasteiger partial charge in [-0.25, -0.2) is 9.82 Å². The molecular formula is C23H25FN6OS. The highest BCUT2D eigenvalue weighted by molar-refractivity contribution is 8.14. The SMILES string of the molecule is Cc1ccc(CNC(=O)CSC2=NNC3C4CC(c5ccc(F)cc5)NN4C=CN23)cc1. The van der Waals surface area contributed by atoms with E-state index in [0.717, 1.165) is 22.7 Å². The number of thioether (sulfide) groups is 1. The predicted octanol–water partition coefficient (Wildman–Crippen LogP) is 2.79. The number of amides is 1. The quantitative estimate of drug-likeness (QED) is 0.648. The molecule has 2 aromatic carbocycles. The zero-order valence-electron chi connectivity index (χ0n) is 17.7. The Morgan fingerprint density at radius 3 is 2.75 bits per heavy atom. The number of nitrogens with zero attached hydrogens (tertiary/aromatic N) is 3. The third kappa shape index (κ3) is 4.31. The minimum atomic E-state index is -0.231. The van der Waals surface area contributed by atoms with Crippen molar-refractivity contribution in [1.29, 1.82) is 0 Å². The van der Waals surface area contributed by atoms with Gasteiger partial charge in [-0.3, -0.25) is 10.2 Å². The van der Waals surface area contributed by atoms with Crippen LogP contribution in [0.25, 0.3) is 0 Å². The number of hydrazone groups is 1. The smallest absolute Gasteiger partial charge is 0.230 e. The van der Waals surface area contributed by atoms with Crippen LogP contribution in [0.15, 0.2) is 66.0 Å². The zero-order chi connectivity index (χ0) is 22.1. The Morgan fingerprint density at radius 2 is 1.97 bits per heavy atom. The Bertz CT molecular complexity index is 1040. The van der Waals surface area contributed by atoms with Crippen LogP contribution in [0.2, 0.25) is 0 Å². The molecule has 32 heavy (non-hydrogen) atoms. The lowest BCUT2D eigenvalue weighted by molar-refractivity contribution is -0.118. The molecule has 1 amide bonds. The van der Waals surface area contributed by atoms with Crippen LogP contribution in [-0.2, 0) is 11.3 Å². The summed E-state index contributed by atoms with van der Waals surface area (Å²) in [5, 5.41) is 10.3. The van der Waals surface area contributed by atoms with E-state index in [1.165, 1.54) is 29.5 Å². The van der Waals surface area contributed by atoms with Crippen molar-refractivity contribution in [3.63, 3.8) is 0 Å². The molecule has 0 saturated carbocycles. The van der Waals surface area contributed by atoms with E-state index in [9.17, 15) is 9.18 Å². The molecule has 3 aliphatic rings. The van der Waals surface area contributed by atoms with Crippen LogP contribution in [-0.4, -0.2) is 38.9 Å². The van der Waals surface area contributed by atoms with E-state index in [2.05, 4.69) is 31.2 Å². The monoisotopic (exact) mass is 452 g/mol. The van der Waals surface area contributed by atoms with Gasteiger partial charge in [0.15, 0.2) is 5.17 Å². The molecule has 3 N–H and O–H groups in total. The summed E-state index contributed by atoms with van der Waals surface area (Å²) in [6.45, 7) is 2.56. The summed E-state index contributed by atoms with van der Waals surface area (Å²) in [6, 6.07) is 15.0. The van der Waals surface area contributed by atoms with E-state index >= 15 is 0 Å². The van der Waals surface area contributed by atoms with E-state index in [-0.39, 0.29) is 30.0 Å². The van der Waals surface area contributed by atoms with E-state index in [4.69, 9.17) is 0 Å². The Kier molecular flexibility index (Phi) is 5.75. The maximum atomic E-state index is 13.3. The molecule has 1 fully saturated rings. The van der Waals surface area contributed by atoms with Crippen molar-refractivity contribution in [2.24, 2.45) is 5.10 Å². The van der Waals surface area contributed by atoms with Crippen LogP contribution in [0.5, 0.6) is 0 Å². The highest BCUT2D eigenvalue weighted by atomic mass is 32.2. The first-order chi connectivity index (χ1) is 15.6. The van der Waals surface area contributed by atoms with Gasteiger partial charge >= 0.3 is 0 Å². The highest BCUT2D eigenvalue weighted by Gasteiger charge is 2.44.